The molecule has 0 bridgehead atoms. The third-order valence-corrected chi connectivity index (χ3v) is 7.46. The van der Waals surface area contributed by atoms with Gasteiger partial charge in [-0.1, -0.05) is 103 Å². The summed E-state index contributed by atoms with van der Waals surface area (Å²) in [7, 11) is 1.25. The fourth-order valence-corrected chi connectivity index (χ4v) is 4.69. The molecule has 0 aliphatic carbocycles. The molecule has 0 aromatic rings. The monoisotopic (exact) mass is 562 g/mol. The number of likely N-dealkylation sites (N-methyl/N-ethyl adjacent to an activating group) is 1. The molecule has 226 valence electrons. The summed E-state index contributed by atoms with van der Waals surface area (Å²) in [5.74, 6) is -0.225. The number of amides is 1. The second-order valence-corrected chi connectivity index (χ2v) is 12.9. The molecule has 0 aromatic heterocycles. The minimum Gasteiger partial charge on any atom is -0.756 e. The van der Waals surface area contributed by atoms with Gasteiger partial charge < -0.3 is 28.8 Å². The van der Waals surface area contributed by atoms with Crippen LogP contribution in [0.5, 0.6) is 0 Å². The van der Waals surface area contributed by atoms with E-state index in [1.54, 1.807) is 6.08 Å². The molecule has 0 fully saturated rings. The van der Waals surface area contributed by atoms with Crippen LogP contribution in [0.3, 0.4) is 0 Å². The smallest absolute Gasteiger partial charge is 0.268 e. The average molecular weight is 563 g/mol. The Balaban J connectivity index is 4.49. The number of aliphatic hydroxyl groups excluding tert-OH is 1. The number of phosphoric acid groups is 1. The van der Waals surface area contributed by atoms with Gasteiger partial charge in [-0.25, -0.2) is 0 Å². The SMILES string of the molecule is CCCCCCCCCCCCC/C=C/C(O)C(COP(=O)([O-])OCC[N+](C)(C)C)NC(=O)CCCCC. The normalized spacial score (nSPS) is 15.4. The molecule has 38 heavy (non-hydrogen) atoms. The summed E-state index contributed by atoms with van der Waals surface area (Å²) < 4.78 is 22.7. The number of unbranched alkanes of at least 4 members (excludes halogenated alkanes) is 13. The number of nitrogens with zero attached hydrogens (tertiary/aromatic N) is 1. The zero-order valence-corrected chi connectivity index (χ0v) is 26.0. The molecule has 1 amide bonds. The van der Waals surface area contributed by atoms with Crippen LogP contribution in [0, 0.1) is 0 Å². The zero-order valence-electron chi connectivity index (χ0n) is 25.1. The maximum absolute atomic E-state index is 12.3. The lowest BCUT2D eigenvalue weighted by atomic mass is 10.0. The Bertz CT molecular complexity index is 653. The maximum atomic E-state index is 12.3. The molecule has 8 nitrogen and oxygen atoms in total. The number of carbonyl (C=O) groups excluding carboxylic acids is 1. The zero-order chi connectivity index (χ0) is 28.7. The molecule has 0 heterocycles. The van der Waals surface area contributed by atoms with E-state index >= 15 is 0 Å². The van der Waals surface area contributed by atoms with Crippen LogP contribution in [0.25, 0.3) is 0 Å². The number of carbonyl (C=O) groups is 1. The van der Waals surface area contributed by atoms with E-state index in [0.29, 0.717) is 17.4 Å². The summed E-state index contributed by atoms with van der Waals surface area (Å²) in [5.41, 5.74) is 0. The molecular formula is C29H59N2O6P. The van der Waals surface area contributed by atoms with Crippen molar-refractivity contribution in [3.63, 3.8) is 0 Å². The first-order chi connectivity index (χ1) is 18.0. The Morgan fingerprint density at radius 2 is 1.42 bits per heavy atom. The van der Waals surface area contributed by atoms with Crippen LogP contribution in [-0.4, -0.2) is 68.5 Å². The van der Waals surface area contributed by atoms with Gasteiger partial charge in [-0.2, -0.15) is 0 Å². The summed E-state index contributed by atoms with van der Waals surface area (Å²) in [4.78, 5) is 24.5. The van der Waals surface area contributed by atoms with E-state index < -0.39 is 20.0 Å². The topological polar surface area (TPSA) is 108 Å². The van der Waals surface area contributed by atoms with Crippen LogP contribution in [0.15, 0.2) is 12.2 Å². The van der Waals surface area contributed by atoms with Gasteiger partial charge in [-0.05, 0) is 19.3 Å². The summed E-state index contributed by atoms with van der Waals surface area (Å²) in [6.07, 6.45) is 20.4. The molecule has 0 saturated carbocycles. The highest BCUT2D eigenvalue weighted by molar-refractivity contribution is 7.45. The van der Waals surface area contributed by atoms with Gasteiger partial charge in [-0.15, -0.1) is 0 Å². The fourth-order valence-electron chi connectivity index (χ4n) is 3.97. The minimum atomic E-state index is -4.55. The summed E-state index contributed by atoms with van der Waals surface area (Å²) in [6.45, 7) is 4.42. The number of phosphoric ester groups is 1. The quantitative estimate of drug-likeness (QED) is 0.0590. The van der Waals surface area contributed by atoms with Crippen LogP contribution in [0.2, 0.25) is 0 Å². The molecule has 0 saturated heterocycles. The number of hydrogen-bond donors (Lipinski definition) is 2. The van der Waals surface area contributed by atoms with Crippen LogP contribution in [0.4, 0.5) is 0 Å². The molecule has 0 rings (SSSR count). The van der Waals surface area contributed by atoms with Gasteiger partial charge in [0, 0.05) is 6.42 Å². The summed E-state index contributed by atoms with van der Waals surface area (Å²) in [5, 5.41) is 13.4. The highest BCUT2D eigenvalue weighted by atomic mass is 31.2. The van der Waals surface area contributed by atoms with Gasteiger partial charge in [0.2, 0.25) is 5.91 Å². The molecule has 3 atom stereocenters. The van der Waals surface area contributed by atoms with Crippen molar-refractivity contribution in [2.45, 2.75) is 129 Å². The van der Waals surface area contributed by atoms with E-state index in [9.17, 15) is 19.4 Å². The largest absolute Gasteiger partial charge is 0.756 e. The van der Waals surface area contributed by atoms with Gasteiger partial charge in [0.25, 0.3) is 7.82 Å². The molecule has 0 spiro atoms. The van der Waals surface area contributed by atoms with Gasteiger partial charge in [0.05, 0.1) is 39.9 Å². The van der Waals surface area contributed by atoms with Crippen molar-refractivity contribution in [1.29, 1.82) is 0 Å². The number of rotatable bonds is 26. The van der Waals surface area contributed by atoms with Crippen molar-refractivity contribution < 1.29 is 32.9 Å². The van der Waals surface area contributed by atoms with E-state index in [0.717, 1.165) is 38.5 Å². The van der Waals surface area contributed by atoms with Crippen LogP contribution in [-0.2, 0) is 18.4 Å². The van der Waals surface area contributed by atoms with Crippen LogP contribution in [0.1, 0.15) is 117 Å². The molecule has 0 aliphatic rings. The molecular weight excluding hydrogens is 503 g/mol. The maximum Gasteiger partial charge on any atom is 0.268 e. The Labute approximate surface area is 233 Å². The Kier molecular flexibility index (Phi) is 22.5. The van der Waals surface area contributed by atoms with Gasteiger partial charge in [-0.3, -0.25) is 9.36 Å². The van der Waals surface area contributed by atoms with E-state index in [2.05, 4.69) is 19.2 Å². The van der Waals surface area contributed by atoms with Gasteiger partial charge >= 0.3 is 0 Å². The lowest BCUT2D eigenvalue weighted by Gasteiger charge is -2.29. The summed E-state index contributed by atoms with van der Waals surface area (Å²) >= 11 is 0. The van der Waals surface area contributed by atoms with Crippen molar-refractivity contribution in [1.82, 2.24) is 5.32 Å². The lowest BCUT2D eigenvalue weighted by molar-refractivity contribution is -0.870. The molecule has 3 unspecified atom stereocenters. The molecule has 0 aromatic carbocycles. The van der Waals surface area contributed by atoms with Crippen molar-refractivity contribution >= 4 is 13.7 Å². The number of aliphatic hydroxyl groups is 1. The second kappa shape index (κ2) is 23.0. The van der Waals surface area contributed by atoms with Crippen molar-refractivity contribution in [2.75, 3.05) is 40.9 Å². The standard InChI is InChI=1S/C29H59N2O6P/c1-6-8-10-11-12-13-14-15-16-17-18-19-21-22-28(32)27(30-29(33)23-20-9-7-2)26-37-38(34,35)36-25-24-31(3,4)5/h21-22,27-28,32H,6-20,23-26H2,1-5H3,(H-,30,33,34,35)/b22-21+. The first-order valence-electron chi connectivity index (χ1n) is 15.1. The minimum absolute atomic E-state index is 0.000262. The first-order valence-corrected chi connectivity index (χ1v) is 16.5. The van der Waals surface area contributed by atoms with Crippen molar-refractivity contribution in [3.05, 3.63) is 12.2 Å². The van der Waals surface area contributed by atoms with Crippen molar-refractivity contribution in [2.24, 2.45) is 0 Å². The predicted molar refractivity (Wildman–Crippen MR) is 155 cm³/mol. The molecule has 2 N–H and O–H groups in total. The fraction of sp³-hybridized carbons (Fsp3) is 0.897. The number of hydrogen-bond acceptors (Lipinski definition) is 6. The number of quaternary nitrogens is 1. The highest BCUT2D eigenvalue weighted by Crippen LogP contribution is 2.38. The predicted octanol–water partition coefficient (Wildman–Crippen LogP) is 5.88. The third-order valence-electron chi connectivity index (χ3n) is 6.50. The van der Waals surface area contributed by atoms with Gasteiger partial charge in [0.1, 0.15) is 13.2 Å². The van der Waals surface area contributed by atoms with E-state index in [4.69, 9.17) is 9.05 Å². The van der Waals surface area contributed by atoms with Crippen LogP contribution >= 0.6 is 7.82 Å². The van der Waals surface area contributed by atoms with Gasteiger partial charge in [0.15, 0.2) is 0 Å². The lowest BCUT2D eigenvalue weighted by Crippen LogP contribution is -2.45. The van der Waals surface area contributed by atoms with E-state index in [1.165, 1.54) is 57.8 Å². The first kappa shape index (κ1) is 37.2. The van der Waals surface area contributed by atoms with Crippen molar-refractivity contribution in [3.8, 4) is 0 Å². The Morgan fingerprint density at radius 1 is 0.895 bits per heavy atom. The number of nitrogens with one attached hydrogen (secondary N) is 1. The molecule has 9 heteroatoms. The van der Waals surface area contributed by atoms with E-state index in [-0.39, 0.29) is 19.1 Å². The second-order valence-electron chi connectivity index (χ2n) is 11.5. The summed E-state index contributed by atoms with van der Waals surface area (Å²) in [6, 6.07) is -0.873. The Hall–Kier alpha value is -0.760. The molecule has 0 aliphatic heterocycles. The van der Waals surface area contributed by atoms with E-state index in [1.807, 2.05) is 27.2 Å². The highest BCUT2D eigenvalue weighted by Gasteiger charge is 2.23. The number of allylic oxidation sites excluding steroid dienone is 1. The average Bonchev–Trinajstić information content (AvgIpc) is 2.83. The Morgan fingerprint density at radius 3 is 1.97 bits per heavy atom. The molecule has 0 radical (unpaired) electrons. The van der Waals surface area contributed by atoms with Crippen LogP contribution < -0.4 is 10.2 Å². The third kappa shape index (κ3) is 24.3.